The second-order valence-corrected chi connectivity index (χ2v) is 9.71. The van der Waals surface area contributed by atoms with Crippen molar-refractivity contribution in [1.29, 1.82) is 0 Å². The maximum Gasteiger partial charge on any atom is 0.235 e. The van der Waals surface area contributed by atoms with E-state index in [0.29, 0.717) is 6.61 Å². The lowest BCUT2D eigenvalue weighted by Gasteiger charge is -2.39. The summed E-state index contributed by atoms with van der Waals surface area (Å²) in [6, 6.07) is 31.3. The maximum absolute atomic E-state index is 13.7. The fourth-order valence-electron chi connectivity index (χ4n) is 4.82. The first kappa shape index (κ1) is 25.0. The van der Waals surface area contributed by atoms with E-state index in [9.17, 15) is 9.18 Å². The van der Waals surface area contributed by atoms with Crippen molar-refractivity contribution in [1.82, 2.24) is 0 Å². The number of anilines is 2. The summed E-state index contributed by atoms with van der Waals surface area (Å²) in [6.07, 6.45) is 1.66. The Bertz CT molecular complexity index is 1340. The molecule has 1 unspecified atom stereocenters. The molecule has 37 heavy (non-hydrogen) atoms. The molecule has 0 fully saturated rings. The molecule has 1 atom stereocenters. The lowest BCUT2D eigenvalue weighted by molar-refractivity contribution is -0.113. The van der Waals surface area contributed by atoms with Gasteiger partial charge in [0, 0.05) is 17.9 Å². The minimum atomic E-state index is -0.237. The van der Waals surface area contributed by atoms with Crippen LogP contribution >= 0.6 is 15.9 Å². The topological polar surface area (TPSA) is 41.6 Å². The van der Waals surface area contributed by atoms with Crippen molar-refractivity contribution >= 4 is 33.2 Å². The lowest BCUT2D eigenvalue weighted by atomic mass is 9.88. The quantitative estimate of drug-likeness (QED) is 0.235. The molecule has 1 aliphatic heterocycles. The number of carbonyl (C=O) groups is 1. The van der Waals surface area contributed by atoms with Crippen LogP contribution in [0.4, 0.5) is 15.8 Å². The molecule has 188 valence electrons. The molecule has 0 bridgehead atoms. The molecule has 0 aromatic heterocycles. The zero-order valence-electron chi connectivity index (χ0n) is 20.4. The highest BCUT2D eigenvalue weighted by Gasteiger charge is 2.28. The number of hydrogen-bond donors (Lipinski definition) is 1. The van der Waals surface area contributed by atoms with Gasteiger partial charge < -0.3 is 15.0 Å². The largest absolute Gasteiger partial charge is 0.489 e. The zero-order chi connectivity index (χ0) is 25.6. The van der Waals surface area contributed by atoms with E-state index < -0.39 is 0 Å². The third-order valence-electron chi connectivity index (χ3n) is 6.67. The number of rotatable bonds is 8. The van der Waals surface area contributed by atoms with E-state index in [2.05, 4.69) is 62.5 Å². The minimum absolute atomic E-state index is 0.0817. The van der Waals surface area contributed by atoms with Gasteiger partial charge in [-0.2, -0.15) is 0 Å². The number of carbonyl (C=O) groups excluding carboxylic acids is 1. The number of nitrogens with zero attached hydrogens (tertiary/aromatic N) is 1. The van der Waals surface area contributed by atoms with E-state index in [1.54, 1.807) is 0 Å². The third kappa shape index (κ3) is 6.20. The molecule has 5 rings (SSSR count). The van der Waals surface area contributed by atoms with E-state index in [1.165, 1.54) is 23.3 Å². The highest BCUT2D eigenvalue weighted by Crippen LogP contribution is 2.38. The first-order valence-corrected chi connectivity index (χ1v) is 13.5. The molecule has 0 saturated carbocycles. The number of halogens is 2. The van der Waals surface area contributed by atoms with Crippen molar-refractivity contribution < 1.29 is 13.9 Å². The molecular weight excluding hydrogens is 531 g/mol. The van der Waals surface area contributed by atoms with Crippen LogP contribution in [0.5, 0.6) is 5.75 Å². The third-order valence-corrected chi connectivity index (χ3v) is 7.18. The van der Waals surface area contributed by atoms with Gasteiger partial charge in [0.1, 0.15) is 18.2 Å². The van der Waals surface area contributed by atoms with Gasteiger partial charge in [-0.15, -0.1) is 0 Å². The second kappa shape index (κ2) is 11.6. The summed E-state index contributed by atoms with van der Waals surface area (Å²) in [5, 5.41) is 3.12. The number of benzene rings is 4. The van der Waals surface area contributed by atoms with E-state index in [0.717, 1.165) is 47.6 Å². The summed E-state index contributed by atoms with van der Waals surface area (Å²) in [5.74, 6) is 0.546. The minimum Gasteiger partial charge on any atom is -0.489 e. The predicted molar refractivity (Wildman–Crippen MR) is 150 cm³/mol. The van der Waals surface area contributed by atoms with E-state index in [-0.39, 0.29) is 23.1 Å². The average Bonchev–Trinajstić information content (AvgIpc) is 2.94. The van der Waals surface area contributed by atoms with Gasteiger partial charge in [0.05, 0.1) is 11.4 Å². The van der Waals surface area contributed by atoms with E-state index in [1.807, 2.05) is 48.5 Å². The van der Waals surface area contributed by atoms with Crippen LogP contribution in [0.25, 0.3) is 0 Å². The number of hydrogen-bond acceptors (Lipinski definition) is 3. The summed E-state index contributed by atoms with van der Waals surface area (Å²) < 4.78 is 19.8. The SMILES string of the molecule is O=C(CBr)Nc1ccc(CC2c3ccc(OCc4ccccc4)cc3CCN2c2ccc(F)cc2)cc1. The molecule has 0 radical (unpaired) electrons. The fourth-order valence-corrected chi connectivity index (χ4v) is 4.96. The Balaban J connectivity index is 1.40. The summed E-state index contributed by atoms with van der Waals surface area (Å²) in [7, 11) is 0. The van der Waals surface area contributed by atoms with Crippen LogP contribution in [0.1, 0.15) is 28.3 Å². The van der Waals surface area contributed by atoms with Crippen molar-refractivity contribution in [3.63, 3.8) is 0 Å². The monoisotopic (exact) mass is 558 g/mol. The highest BCUT2D eigenvalue weighted by molar-refractivity contribution is 9.09. The molecule has 6 heteroatoms. The van der Waals surface area contributed by atoms with Crippen LogP contribution in [-0.4, -0.2) is 17.8 Å². The first-order valence-electron chi connectivity index (χ1n) is 12.4. The number of fused-ring (bicyclic) bond motifs is 1. The zero-order valence-corrected chi connectivity index (χ0v) is 22.0. The van der Waals surface area contributed by atoms with Crippen molar-refractivity contribution in [2.45, 2.75) is 25.5 Å². The normalized spacial score (nSPS) is 14.6. The van der Waals surface area contributed by atoms with Crippen molar-refractivity contribution in [3.8, 4) is 5.75 Å². The average molecular weight is 559 g/mol. The number of alkyl halides is 1. The molecule has 4 aromatic carbocycles. The van der Waals surface area contributed by atoms with Gasteiger partial charge in [-0.1, -0.05) is 64.5 Å². The van der Waals surface area contributed by atoms with Crippen molar-refractivity contribution in [3.05, 3.63) is 125 Å². The van der Waals surface area contributed by atoms with Crippen LogP contribution in [0.3, 0.4) is 0 Å². The molecular formula is C31H28BrFN2O2. The Morgan fingerprint density at radius 1 is 0.946 bits per heavy atom. The number of ether oxygens (including phenoxy) is 1. The predicted octanol–water partition coefficient (Wildman–Crippen LogP) is 7.08. The Hall–Kier alpha value is -3.64. The van der Waals surface area contributed by atoms with Gasteiger partial charge in [0.15, 0.2) is 0 Å². The second-order valence-electron chi connectivity index (χ2n) is 9.15. The van der Waals surface area contributed by atoms with Crippen LogP contribution in [0, 0.1) is 5.82 Å². The molecule has 0 saturated heterocycles. The summed E-state index contributed by atoms with van der Waals surface area (Å²) in [6.45, 7) is 1.35. The Labute approximate surface area is 225 Å². The molecule has 1 amide bonds. The van der Waals surface area contributed by atoms with Crippen LogP contribution in [0.15, 0.2) is 97.1 Å². The highest BCUT2D eigenvalue weighted by atomic mass is 79.9. The van der Waals surface area contributed by atoms with Crippen LogP contribution in [0.2, 0.25) is 0 Å². The molecule has 4 nitrogen and oxygen atoms in total. The van der Waals surface area contributed by atoms with E-state index in [4.69, 9.17) is 4.74 Å². The lowest BCUT2D eigenvalue weighted by Crippen LogP contribution is -2.36. The first-order chi connectivity index (χ1) is 18.1. The van der Waals surface area contributed by atoms with Gasteiger partial charge in [-0.05, 0) is 83.6 Å². The standard InChI is InChI=1S/C31H28BrFN2O2/c32-20-31(36)34-26-10-6-22(7-11-26)18-30-29-15-14-28(37-21-23-4-2-1-3-5-23)19-24(29)16-17-35(30)27-12-8-25(33)9-13-27/h1-15,19,30H,16-18,20-21H2,(H,34,36). The van der Waals surface area contributed by atoms with Crippen LogP contribution in [-0.2, 0) is 24.2 Å². The fraction of sp³-hybridized carbons (Fsp3) is 0.194. The molecule has 1 heterocycles. The van der Waals surface area contributed by atoms with Gasteiger partial charge in [0.25, 0.3) is 0 Å². The Morgan fingerprint density at radius 3 is 2.43 bits per heavy atom. The summed E-state index contributed by atoms with van der Waals surface area (Å²) in [4.78, 5) is 14.1. The summed E-state index contributed by atoms with van der Waals surface area (Å²) >= 11 is 3.18. The van der Waals surface area contributed by atoms with Gasteiger partial charge >= 0.3 is 0 Å². The van der Waals surface area contributed by atoms with Crippen molar-refractivity contribution in [2.24, 2.45) is 0 Å². The number of amides is 1. The maximum atomic E-state index is 13.7. The Kier molecular flexibility index (Phi) is 7.85. The van der Waals surface area contributed by atoms with Gasteiger partial charge in [-0.3, -0.25) is 4.79 Å². The Morgan fingerprint density at radius 2 is 1.70 bits per heavy atom. The van der Waals surface area contributed by atoms with E-state index >= 15 is 0 Å². The molecule has 0 aliphatic carbocycles. The number of nitrogens with one attached hydrogen (secondary N) is 1. The molecule has 4 aromatic rings. The van der Waals surface area contributed by atoms with Gasteiger partial charge in [-0.25, -0.2) is 4.39 Å². The smallest absolute Gasteiger partial charge is 0.235 e. The molecule has 1 N–H and O–H groups in total. The molecule has 1 aliphatic rings. The molecule has 0 spiro atoms. The van der Waals surface area contributed by atoms with Crippen LogP contribution < -0.4 is 15.0 Å². The van der Waals surface area contributed by atoms with Crippen molar-refractivity contribution in [2.75, 3.05) is 22.1 Å². The van der Waals surface area contributed by atoms with Gasteiger partial charge in [0.2, 0.25) is 5.91 Å². The summed E-state index contributed by atoms with van der Waals surface area (Å²) in [5.41, 5.74) is 6.59.